The summed E-state index contributed by atoms with van der Waals surface area (Å²) in [5.41, 5.74) is 5.69. The minimum Gasteiger partial charge on any atom is -0.464 e. The lowest BCUT2D eigenvalue weighted by molar-refractivity contribution is -0.145. The highest BCUT2D eigenvalue weighted by Crippen LogP contribution is 2.44. The number of carbonyl (C=O) groups is 2. The first kappa shape index (κ1) is 23.5. The van der Waals surface area contributed by atoms with Crippen LogP contribution in [0.5, 0.6) is 0 Å². The van der Waals surface area contributed by atoms with Gasteiger partial charge in [-0.05, 0) is 41.7 Å². The van der Waals surface area contributed by atoms with Gasteiger partial charge in [0.1, 0.15) is 12.6 Å². The zero-order valence-electron chi connectivity index (χ0n) is 19.5. The maximum atomic E-state index is 12.7. The summed E-state index contributed by atoms with van der Waals surface area (Å²) in [5, 5.41) is 5.98. The van der Waals surface area contributed by atoms with E-state index in [-0.39, 0.29) is 31.7 Å². The molecule has 0 radical (unpaired) electrons. The molecule has 4 rings (SSSR count). The van der Waals surface area contributed by atoms with Crippen molar-refractivity contribution in [2.75, 3.05) is 19.8 Å². The van der Waals surface area contributed by atoms with Crippen LogP contribution in [0.1, 0.15) is 42.5 Å². The van der Waals surface area contributed by atoms with Crippen molar-refractivity contribution in [2.24, 2.45) is 0 Å². The number of nitrogens with one attached hydrogen (secondary N) is 2. The third-order valence-corrected chi connectivity index (χ3v) is 6.13. The van der Waals surface area contributed by atoms with E-state index in [1.165, 1.54) is 0 Å². The van der Waals surface area contributed by atoms with Gasteiger partial charge in [0.05, 0.1) is 6.61 Å². The van der Waals surface area contributed by atoms with Crippen LogP contribution in [0.15, 0.2) is 78.9 Å². The van der Waals surface area contributed by atoms with Crippen molar-refractivity contribution in [1.82, 2.24) is 10.6 Å². The topological polar surface area (TPSA) is 76.7 Å². The van der Waals surface area contributed by atoms with Crippen LogP contribution in [-0.2, 0) is 14.3 Å². The third-order valence-electron chi connectivity index (χ3n) is 6.13. The molecule has 1 aliphatic rings. The van der Waals surface area contributed by atoms with E-state index in [0.29, 0.717) is 0 Å². The van der Waals surface area contributed by atoms with Crippen LogP contribution in [-0.4, -0.2) is 37.9 Å². The smallest absolute Gasteiger partial charge is 0.407 e. The summed E-state index contributed by atoms with van der Waals surface area (Å²) in [7, 11) is 0. The average Bonchev–Trinajstić information content (AvgIpc) is 3.19. The number of alkyl carbamates (subject to hydrolysis) is 1. The minimum atomic E-state index is -0.859. The van der Waals surface area contributed by atoms with Crippen molar-refractivity contribution in [1.29, 1.82) is 0 Å². The SMILES string of the molecule is CCOC(=O)[C@H](CN[C@H](C)c1ccccc1)NC(=O)OCC1c2ccccc2-c2ccccc21. The molecule has 0 fully saturated rings. The zero-order chi connectivity index (χ0) is 23.9. The predicted octanol–water partition coefficient (Wildman–Crippen LogP) is 4.81. The van der Waals surface area contributed by atoms with E-state index in [1.807, 2.05) is 61.5 Å². The first-order valence-corrected chi connectivity index (χ1v) is 11.6. The van der Waals surface area contributed by atoms with E-state index in [1.54, 1.807) is 6.92 Å². The lowest BCUT2D eigenvalue weighted by atomic mass is 9.98. The number of carbonyl (C=O) groups excluding carboxylic acids is 2. The molecule has 0 aromatic heterocycles. The molecule has 0 aliphatic heterocycles. The Hall–Kier alpha value is -3.64. The Kier molecular flexibility index (Phi) is 7.60. The van der Waals surface area contributed by atoms with Crippen LogP contribution in [0.25, 0.3) is 11.1 Å². The molecular formula is C28H30N2O4. The van der Waals surface area contributed by atoms with E-state index in [4.69, 9.17) is 9.47 Å². The van der Waals surface area contributed by atoms with E-state index in [0.717, 1.165) is 27.8 Å². The Morgan fingerprint density at radius 3 is 2.06 bits per heavy atom. The molecule has 0 unspecified atom stereocenters. The molecule has 3 aromatic rings. The van der Waals surface area contributed by atoms with Gasteiger partial charge in [0.2, 0.25) is 0 Å². The van der Waals surface area contributed by atoms with Crippen LogP contribution >= 0.6 is 0 Å². The maximum absolute atomic E-state index is 12.7. The molecule has 0 bridgehead atoms. The molecule has 1 aliphatic carbocycles. The quantitative estimate of drug-likeness (QED) is 0.450. The molecule has 34 heavy (non-hydrogen) atoms. The van der Waals surface area contributed by atoms with Crippen molar-refractivity contribution >= 4 is 12.1 Å². The standard InChI is InChI=1S/C28H30N2O4/c1-3-33-27(31)26(17-29-19(2)20-11-5-4-6-12-20)30-28(32)34-18-25-23-15-9-7-13-21(23)22-14-8-10-16-24(22)25/h4-16,19,25-26,29H,3,17-18H2,1-2H3,(H,30,32)/t19-,26+/m1/s1. The Labute approximate surface area is 200 Å². The number of rotatable bonds is 9. The Morgan fingerprint density at radius 1 is 0.853 bits per heavy atom. The number of amides is 1. The second-order valence-corrected chi connectivity index (χ2v) is 8.32. The Morgan fingerprint density at radius 2 is 1.44 bits per heavy atom. The highest BCUT2D eigenvalue weighted by atomic mass is 16.6. The molecule has 0 saturated carbocycles. The van der Waals surface area contributed by atoms with E-state index in [9.17, 15) is 9.59 Å². The fourth-order valence-corrected chi connectivity index (χ4v) is 4.37. The van der Waals surface area contributed by atoms with Gasteiger partial charge in [0.15, 0.2) is 0 Å². The van der Waals surface area contributed by atoms with Gasteiger partial charge in [-0.2, -0.15) is 0 Å². The summed E-state index contributed by atoms with van der Waals surface area (Å²) in [4.78, 5) is 25.2. The van der Waals surface area contributed by atoms with Gasteiger partial charge in [0, 0.05) is 18.5 Å². The highest BCUT2D eigenvalue weighted by Gasteiger charge is 2.30. The number of hydrogen-bond donors (Lipinski definition) is 2. The van der Waals surface area contributed by atoms with E-state index >= 15 is 0 Å². The lowest BCUT2D eigenvalue weighted by Gasteiger charge is -2.21. The molecule has 0 saturated heterocycles. The Balaban J connectivity index is 1.39. The fourth-order valence-electron chi connectivity index (χ4n) is 4.37. The summed E-state index contributed by atoms with van der Waals surface area (Å²) in [6.07, 6.45) is -0.644. The van der Waals surface area contributed by atoms with Crippen molar-refractivity contribution in [3.63, 3.8) is 0 Å². The van der Waals surface area contributed by atoms with Crippen molar-refractivity contribution in [2.45, 2.75) is 31.8 Å². The van der Waals surface area contributed by atoms with Crippen LogP contribution in [0.4, 0.5) is 4.79 Å². The monoisotopic (exact) mass is 458 g/mol. The van der Waals surface area contributed by atoms with E-state index < -0.39 is 18.1 Å². The molecule has 1 amide bonds. The first-order valence-electron chi connectivity index (χ1n) is 11.6. The summed E-state index contributed by atoms with van der Waals surface area (Å²) >= 11 is 0. The van der Waals surface area contributed by atoms with Crippen LogP contribution in [0.3, 0.4) is 0 Å². The van der Waals surface area contributed by atoms with Gasteiger partial charge in [0.25, 0.3) is 0 Å². The van der Waals surface area contributed by atoms with Gasteiger partial charge >= 0.3 is 12.1 Å². The molecule has 3 aromatic carbocycles. The number of benzene rings is 3. The summed E-state index contributed by atoms with van der Waals surface area (Å²) in [5.74, 6) is -0.542. The number of fused-ring (bicyclic) bond motifs is 3. The predicted molar refractivity (Wildman–Crippen MR) is 131 cm³/mol. The normalized spacial score (nSPS) is 13.9. The van der Waals surface area contributed by atoms with Crippen molar-refractivity contribution in [3.05, 3.63) is 95.6 Å². The molecule has 2 atom stereocenters. The molecule has 2 N–H and O–H groups in total. The van der Waals surface area contributed by atoms with Crippen molar-refractivity contribution < 1.29 is 19.1 Å². The molecule has 0 heterocycles. The first-order chi connectivity index (χ1) is 16.6. The van der Waals surface area contributed by atoms with Crippen LogP contribution in [0, 0.1) is 0 Å². The minimum absolute atomic E-state index is 0.00226. The van der Waals surface area contributed by atoms with E-state index in [2.05, 4.69) is 34.9 Å². The summed E-state index contributed by atoms with van der Waals surface area (Å²) in [6.45, 7) is 4.38. The molecule has 176 valence electrons. The van der Waals surface area contributed by atoms with Crippen LogP contribution < -0.4 is 10.6 Å². The van der Waals surface area contributed by atoms with Gasteiger partial charge in [-0.3, -0.25) is 0 Å². The fraction of sp³-hybridized carbons (Fsp3) is 0.286. The maximum Gasteiger partial charge on any atom is 0.407 e. The van der Waals surface area contributed by atoms with Gasteiger partial charge in [-0.25, -0.2) is 9.59 Å². The molecule has 6 nitrogen and oxygen atoms in total. The van der Waals surface area contributed by atoms with Gasteiger partial charge in [-0.1, -0.05) is 78.9 Å². The van der Waals surface area contributed by atoms with Crippen molar-refractivity contribution in [3.8, 4) is 11.1 Å². The zero-order valence-corrected chi connectivity index (χ0v) is 19.5. The second-order valence-electron chi connectivity index (χ2n) is 8.32. The van der Waals surface area contributed by atoms with Gasteiger partial charge in [-0.15, -0.1) is 0 Å². The number of ether oxygens (including phenoxy) is 2. The largest absolute Gasteiger partial charge is 0.464 e. The molecular weight excluding hydrogens is 428 g/mol. The Bertz CT molecular complexity index is 1090. The molecule has 0 spiro atoms. The second kappa shape index (κ2) is 11.0. The van der Waals surface area contributed by atoms with Crippen LogP contribution in [0.2, 0.25) is 0 Å². The van der Waals surface area contributed by atoms with Gasteiger partial charge < -0.3 is 20.1 Å². The summed E-state index contributed by atoms with van der Waals surface area (Å²) < 4.78 is 10.8. The molecule has 6 heteroatoms. The lowest BCUT2D eigenvalue weighted by Crippen LogP contribution is -2.48. The average molecular weight is 459 g/mol. The highest BCUT2D eigenvalue weighted by molar-refractivity contribution is 5.82. The summed E-state index contributed by atoms with van der Waals surface area (Å²) in [6, 6.07) is 25.4. The number of hydrogen-bond acceptors (Lipinski definition) is 5. The number of esters is 1. The third kappa shape index (κ3) is 5.29.